The molecule has 0 heterocycles. The molecule has 18 heavy (non-hydrogen) atoms. The number of benzene rings is 1. The highest BCUT2D eigenvalue weighted by molar-refractivity contribution is 5.45. The van der Waals surface area contributed by atoms with Crippen LogP contribution in [0.4, 0.5) is 4.39 Å². The van der Waals surface area contributed by atoms with Gasteiger partial charge < -0.3 is 15.2 Å². The molecule has 1 saturated carbocycles. The van der Waals surface area contributed by atoms with Gasteiger partial charge in [-0.1, -0.05) is 6.42 Å². The number of hydrogen-bond donors (Lipinski definition) is 1. The van der Waals surface area contributed by atoms with Crippen molar-refractivity contribution in [3.63, 3.8) is 0 Å². The van der Waals surface area contributed by atoms with Crippen LogP contribution in [0.1, 0.15) is 30.4 Å². The minimum atomic E-state index is -0.332. The Hall–Kier alpha value is -1.13. The van der Waals surface area contributed by atoms with Gasteiger partial charge in [0.15, 0.2) is 11.6 Å². The second kappa shape index (κ2) is 5.24. The summed E-state index contributed by atoms with van der Waals surface area (Å²) in [5, 5.41) is 0. The van der Waals surface area contributed by atoms with E-state index in [4.69, 9.17) is 15.2 Å². The first-order chi connectivity index (χ1) is 8.66. The monoisotopic (exact) mass is 253 g/mol. The van der Waals surface area contributed by atoms with E-state index in [0.717, 1.165) is 30.4 Å². The maximum absolute atomic E-state index is 14.0. The van der Waals surface area contributed by atoms with Crippen LogP contribution in [-0.4, -0.2) is 20.8 Å². The van der Waals surface area contributed by atoms with E-state index in [1.54, 1.807) is 7.11 Å². The highest BCUT2D eigenvalue weighted by atomic mass is 19.1. The quantitative estimate of drug-likeness (QED) is 0.876. The molecule has 2 rings (SSSR count). The van der Waals surface area contributed by atoms with Gasteiger partial charge in [0.05, 0.1) is 13.7 Å². The Morgan fingerprint density at radius 1 is 1.33 bits per heavy atom. The number of halogens is 1. The second-order valence-electron chi connectivity index (χ2n) is 4.93. The predicted octanol–water partition coefficient (Wildman–Crippen LogP) is 2.36. The van der Waals surface area contributed by atoms with E-state index < -0.39 is 0 Å². The molecule has 0 spiro atoms. The summed E-state index contributed by atoms with van der Waals surface area (Å²) in [5.74, 6) is 0.00165. The number of hydrogen-bond acceptors (Lipinski definition) is 3. The molecule has 0 amide bonds. The van der Waals surface area contributed by atoms with E-state index in [9.17, 15) is 4.39 Å². The number of ether oxygens (including phenoxy) is 2. The van der Waals surface area contributed by atoms with E-state index in [1.165, 1.54) is 13.2 Å². The third-order valence-corrected chi connectivity index (χ3v) is 3.89. The zero-order valence-corrected chi connectivity index (χ0v) is 11.0. The summed E-state index contributed by atoms with van der Waals surface area (Å²) in [7, 11) is 3.10. The molecule has 1 aromatic carbocycles. The van der Waals surface area contributed by atoms with Gasteiger partial charge in [-0.05, 0) is 30.5 Å². The molecule has 2 N–H and O–H groups in total. The summed E-state index contributed by atoms with van der Waals surface area (Å²) >= 11 is 0. The Balaban J connectivity index is 2.48. The van der Waals surface area contributed by atoms with Crippen LogP contribution < -0.4 is 10.5 Å². The molecule has 0 bridgehead atoms. The van der Waals surface area contributed by atoms with Gasteiger partial charge in [-0.3, -0.25) is 0 Å². The smallest absolute Gasteiger partial charge is 0.165 e. The standard InChI is InChI=1S/C14H20FNO2/c1-17-8-10-6-11(13(18-2)12(15)7-10)14(9-16)4-3-5-14/h6-7H,3-5,8-9,16H2,1-2H3. The molecule has 100 valence electrons. The number of nitrogens with two attached hydrogens (primary N) is 1. The maximum atomic E-state index is 14.0. The van der Waals surface area contributed by atoms with Gasteiger partial charge in [0.2, 0.25) is 0 Å². The minimum Gasteiger partial charge on any atom is -0.493 e. The van der Waals surface area contributed by atoms with Crippen LogP contribution in [0, 0.1) is 5.82 Å². The fourth-order valence-corrected chi connectivity index (χ4v) is 2.69. The Morgan fingerprint density at radius 3 is 2.50 bits per heavy atom. The van der Waals surface area contributed by atoms with Crippen molar-refractivity contribution >= 4 is 0 Å². The second-order valence-corrected chi connectivity index (χ2v) is 4.93. The molecular weight excluding hydrogens is 233 g/mol. The average molecular weight is 253 g/mol. The summed E-state index contributed by atoms with van der Waals surface area (Å²) in [6.07, 6.45) is 3.13. The lowest BCUT2D eigenvalue weighted by Crippen LogP contribution is -2.42. The first-order valence-electron chi connectivity index (χ1n) is 6.23. The molecular formula is C14H20FNO2. The van der Waals surface area contributed by atoms with Crippen LogP contribution in [0.2, 0.25) is 0 Å². The zero-order chi connectivity index (χ0) is 13.2. The van der Waals surface area contributed by atoms with Crippen molar-refractivity contribution in [3.05, 3.63) is 29.1 Å². The highest BCUT2D eigenvalue weighted by Crippen LogP contribution is 2.47. The molecule has 1 aliphatic carbocycles. The van der Waals surface area contributed by atoms with E-state index >= 15 is 0 Å². The average Bonchev–Trinajstić information content (AvgIpc) is 2.28. The van der Waals surface area contributed by atoms with Crippen LogP contribution >= 0.6 is 0 Å². The van der Waals surface area contributed by atoms with Crippen molar-refractivity contribution in [2.24, 2.45) is 5.73 Å². The van der Waals surface area contributed by atoms with Crippen LogP contribution in [-0.2, 0) is 16.8 Å². The van der Waals surface area contributed by atoms with E-state index in [2.05, 4.69) is 0 Å². The van der Waals surface area contributed by atoms with Crippen molar-refractivity contribution in [2.45, 2.75) is 31.3 Å². The Morgan fingerprint density at radius 2 is 2.06 bits per heavy atom. The van der Waals surface area contributed by atoms with Crippen LogP contribution in [0.15, 0.2) is 12.1 Å². The summed E-state index contributed by atoms with van der Waals surface area (Å²) in [4.78, 5) is 0. The van der Waals surface area contributed by atoms with Crippen molar-refractivity contribution in [1.29, 1.82) is 0 Å². The number of methoxy groups -OCH3 is 2. The fourth-order valence-electron chi connectivity index (χ4n) is 2.69. The van der Waals surface area contributed by atoms with E-state index in [1.807, 2.05) is 6.07 Å². The lowest BCUT2D eigenvalue weighted by Gasteiger charge is -2.42. The van der Waals surface area contributed by atoms with Gasteiger partial charge in [-0.25, -0.2) is 4.39 Å². The van der Waals surface area contributed by atoms with Crippen molar-refractivity contribution in [3.8, 4) is 5.75 Å². The molecule has 0 aromatic heterocycles. The lowest BCUT2D eigenvalue weighted by molar-refractivity contribution is 0.183. The minimum absolute atomic E-state index is 0.115. The van der Waals surface area contributed by atoms with Gasteiger partial charge in [-0.2, -0.15) is 0 Å². The largest absolute Gasteiger partial charge is 0.493 e. The normalized spacial score (nSPS) is 17.3. The summed E-state index contributed by atoms with van der Waals surface area (Å²) in [5.41, 5.74) is 7.49. The van der Waals surface area contributed by atoms with Crippen LogP contribution in [0.25, 0.3) is 0 Å². The SMILES string of the molecule is COCc1cc(F)c(OC)c(C2(CN)CCC2)c1. The van der Waals surface area contributed by atoms with Crippen molar-refractivity contribution in [2.75, 3.05) is 20.8 Å². The number of rotatable bonds is 5. The van der Waals surface area contributed by atoms with Gasteiger partial charge in [0.1, 0.15) is 0 Å². The molecule has 0 saturated heterocycles. The Bertz CT molecular complexity index is 425. The molecule has 1 aromatic rings. The third-order valence-electron chi connectivity index (χ3n) is 3.89. The molecule has 3 nitrogen and oxygen atoms in total. The van der Waals surface area contributed by atoms with Crippen molar-refractivity contribution < 1.29 is 13.9 Å². The third kappa shape index (κ3) is 2.10. The molecule has 4 heteroatoms. The first-order valence-corrected chi connectivity index (χ1v) is 6.23. The van der Waals surface area contributed by atoms with Gasteiger partial charge in [-0.15, -0.1) is 0 Å². The first kappa shape index (κ1) is 13.3. The predicted molar refractivity (Wildman–Crippen MR) is 68.2 cm³/mol. The molecule has 0 atom stereocenters. The van der Waals surface area contributed by atoms with E-state index in [-0.39, 0.29) is 11.2 Å². The van der Waals surface area contributed by atoms with Crippen molar-refractivity contribution in [1.82, 2.24) is 0 Å². The molecule has 0 radical (unpaired) electrons. The molecule has 1 fully saturated rings. The Labute approximate surface area is 107 Å². The highest BCUT2D eigenvalue weighted by Gasteiger charge is 2.40. The summed E-state index contributed by atoms with van der Waals surface area (Å²) in [6, 6.07) is 3.44. The van der Waals surface area contributed by atoms with Gasteiger partial charge in [0.25, 0.3) is 0 Å². The Kier molecular flexibility index (Phi) is 3.88. The fraction of sp³-hybridized carbons (Fsp3) is 0.571. The zero-order valence-electron chi connectivity index (χ0n) is 11.0. The lowest BCUT2D eigenvalue weighted by atomic mass is 9.64. The van der Waals surface area contributed by atoms with Gasteiger partial charge in [0, 0.05) is 24.6 Å². The van der Waals surface area contributed by atoms with Crippen LogP contribution in [0.5, 0.6) is 5.75 Å². The topological polar surface area (TPSA) is 44.5 Å². The summed E-state index contributed by atoms with van der Waals surface area (Å²) in [6.45, 7) is 0.924. The van der Waals surface area contributed by atoms with Gasteiger partial charge >= 0.3 is 0 Å². The van der Waals surface area contributed by atoms with E-state index in [0.29, 0.717) is 18.9 Å². The molecule has 0 unspecified atom stereocenters. The maximum Gasteiger partial charge on any atom is 0.165 e. The molecule has 1 aliphatic rings. The molecule has 0 aliphatic heterocycles. The van der Waals surface area contributed by atoms with Crippen LogP contribution in [0.3, 0.4) is 0 Å². The summed E-state index contributed by atoms with van der Waals surface area (Å²) < 4.78 is 24.3.